The number of nitrogens with one attached hydrogen (secondary N) is 1. The number of nitrogens with zero attached hydrogens (tertiary/aromatic N) is 2. The van der Waals surface area contributed by atoms with Gasteiger partial charge >= 0.3 is 0 Å². The number of halogens is 1. The lowest BCUT2D eigenvalue weighted by Crippen LogP contribution is -2.41. The summed E-state index contributed by atoms with van der Waals surface area (Å²) in [5.74, 6) is 0.451. The molecule has 1 saturated carbocycles. The summed E-state index contributed by atoms with van der Waals surface area (Å²) < 4.78 is 13.5. The summed E-state index contributed by atoms with van der Waals surface area (Å²) in [6.45, 7) is 4.58. The Morgan fingerprint density at radius 2 is 1.87 bits per heavy atom. The molecular weight excluding hydrogens is 495 g/mol. The first-order valence-corrected chi connectivity index (χ1v) is 14.9. The van der Waals surface area contributed by atoms with Crippen LogP contribution in [-0.2, 0) is 12.8 Å². The van der Waals surface area contributed by atoms with Crippen molar-refractivity contribution in [3.05, 3.63) is 70.5 Å². The first-order chi connectivity index (χ1) is 18.5. The number of nitrogen functional groups attached to an aromatic ring is 1. The van der Waals surface area contributed by atoms with Crippen molar-refractivity contribution in [2.24, 2.45) is 5.92 Å². The molecule has 1 atom stereocenters. The van der Waals surface area contributed by atoms with Crippen molar-refractivity contribution >= 4 is 22.4 Å². The van der Waals surface area contributed by atoms with Crippen LogP contribution < -0.4 is 11.1 Å². The van der Waals surface area contributed by atoms with Crippen molar-refractivity contribution in [1.82, 2.24) is 15.2 Å². The third-order valence-corrected chi connectivity index (χ3v) is 9.22. The number of nitrogens with two attached hydrogens (primary N) is 1. The number of hydrogen-bond donors (Lipinski definition) is 2. The topological polar surface area (TPSA) is 71.2 Å². The molecule has 0 aliphatic heterocycles. The summed E-state index contributed by atoms with van der Waals surface area (Å²) in [5.41, 5.74) is 9.56. The Kier molecular flexibility index (Phi) is 8.75. The smallest absolute Gasteiger partial charge is 0.251 e. The summed E-state index contributed by atoms with van der Waals surface area (Å²) in [6.07, 6.45) is 10.1. The second kappa shape index (κ2) is 12.4. The van der Waals surface area contributed by atoms with Gasteiger partial charge in [-0.3, -0.25) is 4.79 Å². The Hall–Kier alpha value is -2.77. The highest BCUT2D eigenvalue weighted by Gasteiger charge is 2.28. The second-order valence-corrected chi connectivity index (χ2v) is 12.0. The average Bonchev–Trinajstić information content (AvgIpc) is 3.31. The average molecular weight is 535 g/mol. The Bertz CT molecular complexity index is 1220. The van der Waals surface area contributed by atoms with E-state index in [0.717, 1.165) is 55.8 Å². The van der Waals surface area contributed by atoms with E-state index in [4.69, 9.17) is 5.73 Å². The van der Waals surface area contributed by atoms with Crippen molar-refractivity contribution < 1.29 is 9.18 Å². The number of aryl methyl sites for hydroxylation is 1. The van der Waals surface area contributed by atoms with Gasteiger partial charge in [0.05, 0.1) is 5.69 Å². The van der Waals surface area contributed by atoms with Crippen LogP contribution in [0.5, 0.6) is 0 Å². The maximum Gasteiger partial charge on any atom is 0.251 e. The molecule has 0 bridgehead atoms. The minimum absolute atomic E-state index is 0.0197. The fourth-order valence-electron chi connectivity index (χ4n) is 6.15. The lowest BCUT2D eigenvalue weighted by molar-refractivity contribution is 0.0918. The van der Waals surface area contributed by atoms with Gasteiger partial charge in [0.15, 0.2) is 5.13 Å². The number of rotatable bonds is 9. The van der Waals surface area contributed by atoms with E-state index in [0.29, 0.717) is 16.7 Å². The number of benzene rings is 2. The first-order valence-electron chi connectivity index (χ1n) is 14.1. The number of fused-ring (bicyclic) bond motifs is 1. The molecule has 0 spiro atoms. The number of thiazole rings is 1. The van der Waals surface area contributed by atoms with Crippen molar-refractivity contribution in [2.75, 3.05) is 18.8 Å². The van der Waals surface area contributed by atoms with Crippen LogP contribution in [0.2, 0.25) is 0 Å². The van der Waals surface area contributed by atoms with Crippen molar-refractivity contribution in [3.8, 4) is 11.1 Å². The number of amides is 1. The molecule has 2 aliphatic carbocycles. The highest BCUT2D eigenvalue weighted by molar-refractivity contribution is 7.15. The van der Waals surface area contributed by atoms with E-state index in [2.05, 4.69) is 22.1 Å². The van der Waals surface area contributed by atoms with Gasteiger partial charge in [-0.15, -0.1) is 11.3 Å². The number of hydrogen-bond acceptors (Lipinski definition) is 5. The van der Waals surface area contributed by atoms with Crippen LogP contribution >= 0.6 is 11.3 Å². The minimum Gasteiger partial charge on any atom is -0.375 e. The Balaban J connectivity index is 1.07. The summed E-state index contributed by atoms with van der Waals surface area (Å²) in [6, 6.07) is 14.8. The molecule has 7 heteroatoms. The molecule has 1 fully saturated rings. The predicted octanol–water partition coefficient (Wildman–Crippen LogP) is 6.48. The van der Waals surface area contributed by atoms with Crippen LogP contribution in [0.15, 0.2) is 48.5 Å². The van der Waals surface area contributed by atoms with Gasteiger partial charge in [-0.1, -0.05) is 31.2 Å². The van der Waals surface area contributed by atoms with E-state index in [1.807, 2.05) is 30.3 Å². The third-order valence-electron chi connectivity index (χ3n) is 8.27. The van der Waals surface area contributed by atoms with Gasteiger partial charge in [0.2, 0.25) is 0 Å². The van der Waals surface area contributed by atoms with Crippen LogP contribution in [0.3, 0.4) is 0 Å². The predicted molar refractivity (Wildman–Crippen MR) is 154 cm³/mol. The SMILES string of the molecule is CCCN(CCC1CCC(NC(=O)c2ccc(-c3cccc(F)c3)cc2)CC1)C1CCc2nc(N)sc2C1. The molecule has 1 amide bonds. The summed E-state index contributed by atoms with van der Waals surface area (Å²) >= 11 is 1.67. The van der Waals surface area contributed by atoms with Crippen molar-refractivity contribution in [2.45, 2.75) is 76.8 Å². The first kappa shape index (κ1) is 26.8. The molecular formula is C31H39FN4OS. The van der Waals surface area contributed by atoms with Crippen LogP contribution in [0.1, 0.15) is 72.8 Å². The van der Waals surface area contributed by atoms with Gasteiger partial charge < -0.3 is 16.0 Å². The molecule has 5 rings (SSSR count). The largest absolute Gasteiger partial charge is 0.375 e. The molecule has 202 valence electrons. The van der Waals surface area contributed by atoms with Gasteiger partial charge in [0.25, 0.3) is 5.91 Å². The molecule has 2 aromatic carbocycles. The highest BCUT2D eigenvalue weighted by atomic mass is 32.1. The number of carbonyl (C=O) groups is 1. The zero-order valence-corrected chi connectivity index (χ0v) is 23.1. The highest BCUT2D eigenvalue weighted by Crippen LogP contribution is 2.32. The van der Waals surface area contributed by atoms with Gasteiger partial charge in [0, 0.05) is 22.5 Å². The van der Waals surface area contributed by atoms with E-state index in [1.54, 1.807) is 17.4 Å². The van der Waals surface area contributed by atoms with E-state index < -0.39 is 0 Å². The lowest BCUT2D eigenvalue weighted by atomic mass is 9.83. The maximum atomic E-state index is 13.5. The monoisotopic (exact) mass is 534 g/mol. The van der Waals surface area contributed by atoms with E-state index in [1.165, 1.54) is 54.8 Å². The molecule has 3 aromatic rings. The van der Waals surface area contributed by atoms with Crippen LogP contribution in [0.25, 0.3) is 11.1 Å². The Morgan fingerprint density at radius 1 is 1.08 bits per heavy atom. The van der Waals surface area contributed by atoms with Crippen molar-refractivity contribution in [1.29, 1.82) is 0 Å². The minimum atomic E-state index is -0.257. The summed E-state index contributed by atoms with van der Waals surface area (Å²) in [5, 5.41) is 3.96. The quantitative estimate of drug-likeness (QED) is 0.330. The van der Waals surface area contributed by atoms with Crippen LogP contribution in [-0.4, -0.2) is 41.0 Å². The fourth-order valence-corrected chi connectivity index (χ4v) is 7.10. The molecule has 3 N–H and O–H groups in total. The van der Waals surface area contributed by atoms with Crippen LogP contribution in [0, 0.1) is 11.7 Å². The Labute approximate surface area is 229 Å². The fraction of sp³-hybridized carbons (Fsp3) is 0.484. The molecule has 1 aromatic heterocycles. The number of anilines is 1. The molecule has 1 unspecified atom stereocenters. The maximum absolute atomic E-state index is 13.5. The molecule has 1 heterocycles. The van der Waals surface area contributed by atoms with E-state index in [-0.39, 0.29) is 17.8 Å². The molecule has 38 heavy (non-hydrogen) atoms. The normalized spacial score (nSPS) is 21.3. The van der Waals surface area contributed by atoms with Gasteiger partial charge in [-0.2, -0.15) is 0 Å². The Morgan fingerprint density at radius 3 is 2.61 bits per heavy atom. The second-order valence-electron chi connectivity index (χ2n) is 10.9. The molecule has 2 aliphatic rings. The third kappa shape index (κ3) is 6.62. The van der Waals surface area contributed by atoms with Crippen LogP contribution in [0.4, 0.5) is 9.52 Å². The van der Waals surface area contributed by atoms with E-state index >= 15 is 0 Å². The summed E-state index contributed by atoms with van der Waals surface area (Å²) in [4.78, 5) is 21.5. The zero-order valence-electron chi connectivity index (χ0n) is 22.3. The molecule has 0 radical (unpaired) electrons. The molecule has 5 nitrogen and oxygen atoms in total. The van der Waals surface area contributed by atoms with E-state index in [9.17, 15) is 9.18 Å². The standard InChI is InChI=1S/C31H39FN4OS/c1-2-17-36(27-14-15-28-29(20-27)38-31(33)35-28)18-16-21-6-12-26(13-7-21)34-30(37)23-10-8-22(9-11-23)24-4-3-5-25(32)19-24/h3-5,8-11,19,21,26-27H,2,6-7,12-18,20H2,1H3,(H2,33,35)(H,34,37). The number of carbonyl (C=O) groups excluding carboxylic acids is 1. The zero-order chi connectivity index (χ0) is 26.5. The van der Waals surface area contributed by atoms with Gasteiger partial charge in [0.1, 0.15) is 5.82 Å². The van der Waals surface area contributed by atoms with Gasteiger partial charge in [-0.25, -0.2) is 9.37 Å². The lowest BCUT2D eigenvalue weighted by Gasteiger charge is -2.36. The van der Waals surface area contributed by atoms with Crippen molar-refractivity contribution in [3.63, 3.8) is 0 Å². The molecule has 0 saturated heterocycles. The van der Waals surface area contributed by atoms with Gasteiger partial charge in [-0.05, 0) is 112 Å². The number of aromatic nitrogens is 1. The summed E-state index contributed by atoms with van der Waals surface area (Å²) in [7, 11) is 0.